The molecule has 1 fully saturated rings. The van der Waals surface area contributed by atoms with E-state index in [4.69, 9.17) is 9.16 Å². The molecule has 4 nitrogen and oxygen atoms in total. The SMILES string of the molecule is COc1ccc(N2C(=O)[C@](C)(O[Si](C)(C)C(C)(C)C)[C@@H]2C(F)F)cc1. The normalized spacial score (nSPS) is 24.5. The molecule has 0 N–H and O–H groups in total. The van der Waals surface area contributed by atoms with Gasteiger partial charge < -0.3 is 9.16 Å². The van der Waals surface area contributed by atoms with Gasteiger partial charge in [-0.3, -0.25) is 9.69 Å². The fourth-order valence-corrected chi connectivity index (χ4v) is 4.41. The quantitative estimate of drug-likeness (QED) is 0.567. The number of nitrogens with zero attached hydrogens (tertiary/aromatic N) is 1. The zero-order valence-corrected chi connectivity index (χ0v) is 16.9. The van der Waals surface area contributed by atoms with E-state index in [1.807, 2.05) is 33.9 Å². The molecule has 25 heavy (non-hydrogen) atoms. The summed E-state index contributed by atoms with van der Waals surface area (Å²) in [4.78, 5) is 14.0. The van der Waals surface area contributed by atoms with E-state index in [0.717, 1.165) is 4.90 Å². The Morgan fingerprint density at radius 2 is 1.72 bits per heavy atom. The second kappa shape index (κ2) is 6.36. The first kappa shape index (κ1) is 19.8. The zero-order chi connectivity index (χ0) is 19.2. The van der Waals surface area contributed by atoms with Gasteiger partial charge in [0.05, 0.1) is 7.11 Å². The van der Waals surface area contributed by atoms with Crippen molar-refractivity contribution in [2.24, 2.45) is 0 Å². The second-order valence-corrected chi connectivity index (χ2v) is 12.8. The summed E-state index contributed by atoms with van der Waals surface area (Å²) < 4.78 is 38.9. The third-order valence-electron chi connectivity index (χ3n) is 5.35. The van der Waals surface area contributed by atoms with E-state index in [9.17, 15) is 13.6 Å². The maximum Gasteiger partial charge on any atom is 0.262 e. The number of ether oxygens (including phenoxy) is 1. The van der Waals surface area contributed by atoms with Gasteiger partial charge in [-0.05, 0) is 49.3 Å². The molecule has 140 valence electrons. The number of benzene rings is 1. The van der Waals surface area contributed by atoms with E-state index in [2.05, 4.69) is 0 Å². The van der Waals surface area contributed by atoms with Crippen molar-refractivity contribution in [3.63, 3.8) is 0 Å². The predicted octanol–water partition coefficient (Wildman–Crippen LogP) is 4.46. The van der Waals surface area contributed by atoms with Crippen molar-refractivity contribution in [3.8, 4) is 5.75 Å². The van der Waals surface area contributed by atoms with Crippen LogP contribution in [0.1, 0.15) is 27.7 Å². The maximum atomic E-state index is 13.8. The fraction of sp³-hybridized carbons (Fsp3) is 0.611. The Balaban J connectivity index is 2.34. The third kappa shape index (κ3) is 3.31. The number of halogens is 2. The predicted molar refractivity (Wildman–Crippen MR) is 97.0 cm³/mol. The molecule has 1 aromatic carbocycles. The number of hydrogen-bond acceptors (Lipinski definition) is 3. The highest BCUT2D eigenvalue weighted by Crippen LogP contribution is 2.47. The molecule has 2 atom stereocenters. The Morgan fingerprint density at radius 1 is 1.20 bits per heavy atom. The van der Waals surface area contributed by atoms with Crippen LogP contribution in [0.2, 0.25) is 18.1 Å². The molecule has 0 aromatic heterocycles. The lowest BCUT2D eigenvalue weighted by molar-refractivity contribution is -0.156. The molecule has 1 aliphatic heterocycles. The lowest BCUT2D eigenvalue weighted by Gasteiger charge is -2.57. The highest BCUT2D eigenvalue weighted by atomic mass is 28.4. The molecule has 0 unspecified atom stereocenters. The molecule has 1 aliphatic rings. The summed E-state index contributed by atoms with van der Waals surface area (Å²) in [5.74, 6) is 0.179. The average molecular weight is 372 g/mol. The Kier molecular flexibility index (Phi) is 5.05. The van der Waals surface area contributed by atoms with Crippen molar-refractivity contribution in [2.45, 2.75) is 63.9 Å². The zero-order valence-electron chi connectivity index (χ0n) is 15.9. The molecule has 0 bridgehead atoms. The van der Waals surface area contributed by atoms with E-state index in [-0.39, 0.29) is 5.04 Å². The smallest absolute Gasteiger partial charge is 0.262 e. The number of anilines is 1. The highest BCUT2D eigenvalue weighted by molar-refractivity contribution is 6.74. The van der Waals surface area contributed by atoms with Crippen molar-refractivity contribution in [3.05, 3.63) is 24.3 Å². The number of amides is 1. The number of methoxy groups -OCH3 is 1. The number of carbonyl (C=O) groups is 1. The van der Waals surface area contributed by atoms with Crippen LogP contribution < -0.4 is 9.64 Å². The Bertz CT molecular complexity index is 643. The number of alkyl halides is 2. The minimum absolute atomic E-state index is 0.177. The van der Waals surface area contributed by atoms with Gasteiger partial charge in [-0.2, -0.15) is 0 Å². The maximum absolute atomic E-state index is 13.8. The molecule has 0 radical (unpaired) electrons. The van der Waals surface area contributed by atoms with Gasteiger partial charge in [0.15, 0.2) is 13.9 Å². The van der Waals surface area contributed by atoms with E-state index in [1.54, 1.807) is 24.3 Å². The van der Waals surface area contributed by atoms with Gasteiger partial charge >= 0.3 is 0 Å². The lowest BCUT2D eigenvalue weighted by atomic mass is 9.83. The minimum atomic E-state index is -2.70. The monoisotopic (exact) mass is 371 g/mol. The van der Waals surface area contributed by atoms with Crippen LogP contribution in [0, 0.1) is 0 Å². The van der Waals surface area contributed by atoms with Gasteiger partial charge in [0, 0.05) is 5.69 Å². The highest BCUT2D eigenvalue weighted by Gasteiger charge is 2.65. The second-order valence-electron chi connectivity index (χ2n) is 8.12. The van der Waals surface area contributed by atoms with Crippen LogP contribution in [0.25, 0.3) is 0 Å². The summed E-state index contributed by atoms with van der Waals surface area (Å²) in [6.07, 6.45) is -2.70. The summed E-state index contributed by atoms with van der Waals surface area (Å²) in [6.45, 7) is 11.5. The number of hydrogen-bond donors (Lipinski definition) is 0. The van der Waals surface area contributed by atoms with Gasteiger partial charge in [0.1, 0.15) is 11.8 Å². The molecular formula is C18H27F2NO3Si. The molecule has 1 heterocycles. The summed E-state index contributed by atoms with van der Waals surface area (Å²) in [6, 6.07) is 5.21. The Morgan fingerprint density at radius 3 is 2.12 bits per heavy atom. The van der Waals surface area contributed by atoms with E-state index >= 15 is 0 Å². The first-order valence-electron chi connectivity index (χ1n) is 8.31. The van der Waals surface area contributed by atoms with Crippen molar-refractivity contribution >= 4 is 19.9 Å². The number of rotatable bonds is 5. The molecule has 1 saturated heterocycles. The van der Waals surface area contributed by atoms with Crippen molar-refractivity contribution < 1.29 is 22.7 Å². The van der Waals surface area contributed by atoms with E-state index in [0.29, 0.717) is 11.4 Å². The number of carbonyl (C=O) groups excluding carboxylic acids is 1. The fourth-order valence-electron chi connectivity index (χ4n) is 2.83. The molecule has 7 heteroatoms. The van der Waals surface area contributed by atoms with E-state index < -0.39 is 32.3 Å². The lowest BCUT2D eigenvalue weighted by Crippen LogP contribution is -2.78. The van der Waals surface area contributed by atoms with E-state index in [1.165, 1.54) is 14.0 Å². The standard InChI is InChI=1S/C18H27F2NO3Si/c1-17(2,3)25(6,7)24-18(4)14(15(19)20)21(16(18)22)12-8-10-13(23-5)11-9-12/h8-11,14-15H,1-7H3/t14-,18+/m0/s1. The van der Waals surface area contributed by atoms with Crippen LogP contribution in [-0.4, -0.2) is 39.4 Å². The van der Waals surface area contributed by atoms with Crippen LogP contribution in [0.15, 0.2) is 24.3 Å². The molecule has 1 amide bonds. The van der Waals surface area contributed by atoms with Crippen LogP contribution in [0.3, 0.4) is 0 Å². The molecule has 2 rings (SSSR count). The van der Waals surface area contributed by atoms with Gasteiger partial charge in [-0.15, -0.1) is 0 Å². The van der Waals surface area contributed by atoms with Crippen molar-refractivity contribution in [1.29, 1.82) is 0 Å². The summed E-state index contributed by atoms with van der Waals surface area (Å²) in [7, 11) is -0.862. The van der Waals surface area contributed by atoms with Crippen LogP contribution in [0.5, 0.6) is 5.75 Å². The minimum Gasteiger partial charge on any atom is -0.497 e. The average Bonchev–Trinajstić information content (AvgIpc) is 2.50. The first-order valence-corrected chi connectivity index (χ1v) is 11.2. The molecule has 0 aliphatic carbocycles. The van der Waals surface area contributed by atoms with Crippen LogP contribution in [0.4, 0.5) is 14.5 Å². The van der Waals surface area contributed by atoms with Crippen molar-refractivity contribution in [1.82, 2.24) is 0 Å². The topological polar surface area (TPSA) is 38.8 Å². The number of β-lactam (4-membered cyclic amide) rings is 1. The Hall–Kier alpha value is -1.47. The van der Waals surface area contributed by atoms with Gasteiger partial charge in [0.25, 0.3) is 12.3 Å². The van der Waals surface area contributed by atoms with Gasteiger partial charge in [0.2, 0.25) is 0 Å². The largest absolute Gasteiger partial charge is 0.497 e. The molecule has 1 aromatic rings. The van der Waals surface area contributed by atoms with Gasteiger partial charge in [-0.25, -0.2) is 8.78 Å². The summed E-state index contributed by atoms with van der Waals surface area (Å²) >= 11 is 0. The third-order valence-corrected chi connectivity index (χ3v) is 9.90. The van der Waals surface area contributed by atoms with Crippen LogP contribution in [-0.2, 0) is 9.22 Å². The van der Waals surface area contributed by atoms with Gasteiger partial charge in [-0.1, -0.05) is 20.8 Å². The first-order chi connectivity index (χ1) is 11.3. The molecule has 0 saturated carbocycles. The molecular weight excluding hydrogens is 344 g/mol. The Labute approximate surface area is 149 Å². The van der Waals surface area contributed by atoms with Crippen LogP contribution >= 0.6 is 0 Å². The van der Waals surface area contributed by atoms with Crippen molar-refractivity contribution in [2.75, 3.05) is 12.0 Å². The summed E-state index contributed by atoms with van der Waals surface area (Å²) in [5.41, 5.74) is -1.08. The molecule has 0 spiro atoms. The summed E-state index contributed by atoms with van der Waals surface area (Å²) in [5, 5.41) is -0.177.